The molecule has 3 aliphatic heterocycles. The normalized spacial score (nSPS) is 29.6. The minimum absolute atomic E-state index is 0.0374. The number of fused-ring (bicyclic) bond motifs is 3. The van der Waals surface area contributed by atoms with Crippen molar-refractivity contribution in [2.24, 2.45) is 0 Å². The predicted octanol–water partition coefficient (Wildman–Crippen LogP) is -0.657. The van der Waals surface area contributed by atoms with E-state index >= 15 is 0 Å². The summed E-state index contributed by atoms with van der Waals surface area (Å²) >= 11 is 0. The number of hydrogen-bond acceptors (Lipinski definition) is 7. The van der Waals surface area contributed by atoms with E-state index in [2.05, 4.69) is 19.9 Å². The number of nitrogens with zero attached hydrogens (tertiary/aromatic N) is 4. The van der Waals surface area contributed by atoms with Crippen LogP contribution in [0.1, 0.15) is 17.8 Å². The summed E-state index contributed by atoms with van der Waals surface area (Å²) in [7, 11) is 0. The Morgan fingerprint density at radius 2 is 2.21 bits per heavy atom. The molecule has 104 valence electrons. The smallest absolute Gasteiger partial charge is 0.329 e. The molecule has 1 unspecified atom stereocenters. The van der Waals surface area contributed by atoms with Crippen molar-refractivity contribution in [1.29, 1.82) is 0 Å². The average molecular weight is 268 g/mol. The van der Waals surface area contributed by atoms with Crippen LogP contribution in [-0.4, -0.2) is 70.3 Å². The summed E-state index contributed by atoms with van der Waals surface area (Å²) in [5.41, 5.74) is 0. The molecule has 0 spiro atoms. The maximum absolute atomic E-state index is 10.3. The molecule has 8 nitrogen and oxygen atoms in total. The molecule has 0 aliphatic carbocycles. The van der Waals surface area contributed by atoms with Gasteiger partial charge >= 0.3 is 5.97 Å². The molecule has 0 radical (unpaired) electrons. The third kappa shape index (κ3) is 2.75. The first-order valence-corrected chi connectivity index (χ1v) is 6.31. The Labute approximate surface area is 109 Å². The first-order chi connectivity index (χ1) is 9.22. The van der Waals surface area contributed by atoms with E-state index in [0.29, 0.717) is 11.7 Å². The molecule has 3 aliphatic rings. The van der Waals surface area contributed by atoms with E-state index in [9.17, 15) is 4.79 Å². The summed E-state index contributed by atoms with van der Waals surface area (Å²) in [6, 6.07) is 0.180. The Kier molecular flexibility index (Phi) is 3.45. The number of aromatic nitrogens is 2. The van der Waals surface area contributed by atoms with Crippen molar-refractivity contribution in [3.63, 3.8) is 0 Å². The van der Waals surface area contributed by atoms with Gasteiger partial charge < -0.3 is 14.4 Å². The van der Waals surface area contributed by atoms with E-state index in [4.69, 9.17) is 14.4 Å². The Balaban J connectivity index is 1.60. The highest BCUT2D eigenvalue weighted by molar-refractivity contribution is 5.67. The molecule has 0 amide bonds. The second-order valence-electron chi connectivity index (χ2n) is 4.79. The van der Waals surface area contributed by atoms with Crippen molar-refractivity contribution in [2.75, 3.05) is 39.3 Å². The third-order valence-electron chi connectivity index (χ3n) is 3.51. The molecule has 3 fully saturated rings. The van der Waals surface area contributed by atoms with Gasteiger partial charge in [0.25, 0.3) is 5.89 Å². The van der Waals surface area contributed by atoms with Crippen LogP contribution in [0, 0.1) is 0 Å². The second-order valence-corrected chi connectivity index (χ2v) is 4.79. The molecule has 0 aromatic carbocycles. The lowest BCUT2D eigenvalue weighted by atomic mass is 10.1. The maximum Gasteiger partial charge on any atom is 0.329 e. The van der Waals surface area contributed by atoms with Gasteiger partial charge in [0.05, 0.1) is 6.04 Å². The standard InChI is InChI=1S/C11H16N4O4/c16-10(17)7-18-6-9-12-11(13-19-9)8-5-14-1-3-15(8)4-2-14/h8H,1-7H2,(H,16,17). The molecule has 8 heteroatoms. The van der Waals surface area contributed by atoms with Gasteiger partial charge in [0.2, 0.25) is 0 Å². The van der Waals surface area contributed by atoms with E-state index in [1.165, 1.54) is 0 Å². The van der Waals surface area contributed by atoms with Gasteiger partial charge in [0, 0.05) is 32.7 Å². The van der Waals surface area contributed by atoms with Crippen LogP contribution in [0.4, 0.5) is 0 Å². The number of aliphatic carboxylic acids is 1. The summed E-state index contributed by atoms with van der Waals surface area (Å²) < 4.78 is 10.0. The van der Waals surface area contributed by atoms with Gasteiger partial charge in [0.15, 0.2) is 5.82 Å². The summed E-state index contributed by atoms with van der Waals surface area (Å²) in [5, 5.41) is 12.4. The van der Waals surface area contributed by atoms with Crippen LogP contribution in [0.5, 0.6) is 0 Å². The van der Waals surface area contributed by atoms with Crippen LogP contribution >= 0.6 is 0 Å². The van der Waals surface area contributed by atoms with E-state index < -0.39 is 5.97 Å². The number of carboxylic acid groups (broad SMARTS) is 1. The first-order valence-electron chi connectivity index (χ1n) is 6.31. The van der Waals surface area contributed by atoms with Crippen molar-refractivity contribution in [2.45, 2.75) is 12.6 Å². The van der Waals surface area contributed by atoms with Crippen molar-refractivity contribution >= 4 is 5.97 Å². The second kappa shape index (κ2) is 5.24. The van der Waals surface area contributed by atoms with Crippen molar-refractivity contribution < 1.29 is 19.2 Å². The van der Waals surface area contributed by atoms with Crippen LogP contribution in [0.3, 0.4) is 0 Å². The number of carboxylic acids is 1. The highest BCUT2D eigenvalue weighted by atomic mass is 16.5. The largest absolute Gasteiger partial charge is 0.480 e. The minimum Gasteiger partial charge on any atom is -0.480 e. The fraction of sp³-hybridized carbons (Fsp3) is 0.727. The monoisotopic (exact) mass is 268 g/mol. The third-order valence-corrected chi connectivity index (χ3v) is 3.51. The summed E-state index contributed by atoms with van der Waals surface area (Å²) in [4.78, 5) is 19.4. The van der Waals surface area contributed by atoms with Crippen LogP contribution in [0.2, 0.25) is 0 Å². The Hall–Kier alpha value is -1.51. The topological polar surface area (TPSA) is 91.9 Å². The van der Waals surface area contributed by atoms with Gasteiger partial charge in [0.1, 0.15) is 13.2 Å². The Bertz CT molecular complexity index is 455. The van der Waals surface area contributed by atoms with Crippen LogP contribution in [0.15, 0.2) is 4.52 Å². The maximum atomic E-state index is 10.3. The van der Waals surface area contributed by atoms with Crippen LogP contribution in [-0.2, 0) is 16.1 Å². The van der Waals surface area contributed by atoms with Gasteiger partial charge in [-0.3, -0.25) is 9.80 Å². The molecule has 1 atom stereocenters. The zero-order valence-corrected chi connectivity index (χ0v) is 10.5. The lowest BCUT2D eigenvalue weighted by Crippen LogP contribution is -2.57. The number of carbonyl (C=O) groups is 1. The van der Waals surface area contributed by atoms with E-state index in [1.54, 1.807) is 0 Å². The van der Waals surface area contributed by atoms with Gasteiger partial charge in [-0.2, -0.15) is 4.98 Å². The number of hydrogen-bond donors (Lipinski definition) is 1. The minimum atomic E-state index is -1.01. The fourth-order valence-electron chi connectivity index (χ4n) is 2.55. The lowest BCUT2D eigenvalue weighted by molar-refractivity contribution is -0.142. The molecule has 1 aromatic heterocycles. The molecular formula is C11H16N4O4. The van der Waals surface area contributed by atoms with Crippen molar-refractivity contribution in [3.05, 3.63) is 11.7 Å². The molecular weight excluding hydrogens is 252 g/mol. The van der Waals surface area contributed by atoms with E-state index in [0.717, 1.165) is 32.7 Å². The fourth-order valence-corrected chi connectivity index (χ4v) is 2.55. The SMILES string of the molecule is O=C(O)COCc1nc(C2CN3CCN2CC3)no1. The van der Waals surface area contributed by atoms with Gasteiger partial charge in [-0.1, -0.05) is 5.16 Å². The first kappa shape index (κ1) is 12.5. The zero-order valence-electron chi connectivity index (χ0n) is 10.5. The molecule has 4 rings (SSSR count). The van der Waals surface area contributed by atoms with Crippen molar-refractivity contribution in [3.8, 4) is 0 Å². The number of ether oxygens (including phenoxy) is 1. The summed E-state index contributed by atoms with van der Waals surface area (Å²) in [6.45, 7) is 4.87. The number of piperazine rings is 3. The predicted molar refractivity (Wildman–Crippen MR) is 62.3 cm³/mol. The summed E-state index contributed by atoms with van der Waals surface area (Å²) in [5.74, 6) is -0.0181. The van der Waals surface area contributed by atoms with Gasteiger partial charge in [-0.15, -0.1) is 0 Å². The highest BCUT2D eigenvalue weighted by Crippen LogP contribution is 2.26. The van der Waals surface area contributed by atoms with E-state index in [1.807, 2.05) is 0 Å². The molecule has 1 aromatic rings. The molecule has 4 heterocycles. The Morgan fingerprint density at radius 3 is 2.84 bits per heavy atom. The molecule has 3 saturated heterocycles. The quantitative estimate of drug-likeness (QED) is 0.752. The molecule has 0 saturated carbocycles. The lowest BCUT2D eigenvalue weighted by Gasteiger charge is -2.46. The Morgan fingerprint density at radius 1 is 1.42 bits per heavy atom. The van der Waals surface area contributed by atoms with Gasteiger partial charge in [-0.05, 0) is 0 Å². The molecule has 19 heavy (non-hydrogen) atoms. The van der Waals surface area contributed by atoms with Crippen LogP contribution < -0.4 is 0 Å². The molecule has 1 N–H and O–H groups in total. The van der Waals surface area contributed by atoms with E-state index in [-0.39, 0.29) is 19.3 Å². The number of rotatable bonds is 5. The highest BCUT2D eigenvalue weighted by Gasteiger charge is 2.35. The zero-order chi connectivity index (χ0) is 13.2. The van der Waals surface area contributed by atoms with Crippen molar-refractivity contribution in [1.82, 2.24) is 19.9 Å². The van der Waals surface area contributed by atoms with Crippen LogP contribution in [0.25, 0.3) is 0 Å². The molecule has 2 bridgehead atoms. The summed E-state index contributed by atoms with van der Waals surface area (Å²) in [6.07, 6.45) is 0. The average Bonchev–Trinajstić information content (AvgIpc) is 2.88. The van der Waals surface area contributed by atoms with Gasteiger partial charge in [-0.25, -0.2) is 4.79 Å².